The van der Waals surface area contributed by atoms with Crippen LogP contribution in [-0.4, -0.2) is 51.9 Å². The standard InChI is InChI=1S/C20H27ClO6/c1-5-9(2)18(23)26-13-6-10(3)12-7-14(22)20(25,8-21)16(12)17-15(13)11(4)19(24)27-17/h5,11-17,22,25H,3,6-8H2,1-2,4H3/b9-5-/t11-,12+,13+,14+,15-,16+,17+,20-/m1/s1. The fourth-order valence-electron chi connectivity index (χ4n) is 4.90. The van der Waals surface area contributed by atoms with E-state index < -0.39 is 53.6 Å². The van der Waals surface area contributed by atoms with Crippen molar-refractivity contribution in [2.45, 2.75) is 57.5 Å². The highest BCUT2D eigenvalue weighted by Crippen LogP contribution is 2.55. The summed E-state index contributed by atoms with van der Waals surface area (Å²) >= 11 is 6.04. The highest BCUT2D eigenvalue weighted by Gasteiger charge is 2.64. The van der Waals surface area contributed by atoms with Crippen molar-refractivity contribution in [3.8, 4) is 0 Å². The molecular weight excluding hydrogens is 372 g/mol. The van der Waals surface area contributed by atoms with E-state index in [4.69, 9.17) is 21.1 Å². The lowest BCUT2D eigenvalue weighted by molar-refractivity contribution is -0.155. The summed E-state index contributed by atoms with van der Waals surface area (Å²) in [6.45, 7) is 9.30. The minimum atomic E-state index is -1.58. The van der Waals surface area contributed by atoms with Crippen LogP contribution in [0.5, 0.6) is 0 Å². The number of carbonyl (C=O) groups is 2. The van der Waals surface area contributed by atoms with Gasteiger partial charge < -0.3 is 19.7 Å². The van der Waals surface area contributed by atoms with Gasteiger partial charge in [-0.1, -0.05) is 25.2 Å². The number of aliphatic hydroxyl groups is 2. The lowest BCUT2D eigenvalue weighted by atomic mass is 9.75. The Bertz CT molecular complexity index is 688. The van der Waals surface area contributed by atoms with E-state index in [2.05, 4.69) is 6.58 Å². The van der Waals surface area contributed by atoms with Crippen LogP contribution in [0.3, 0.4) is 0 Å². The normalized spacial score (nSPS) is 44.4. The maximum Gasteiger partial charge on any atom is 0.333 e. The Balaban J connectivity index is 2.01. The molecule has 0 spiro atoms. The second-order valence-corrected chi connectivity index (χ2v) is 8.32. The number of aliphatic hydroxyl groups excluding tert-OH is 1. The summed E-state index contributed by atoms with van der Waals surface area (Å²) < 4.78 is 11.4. The number of halogens is 1. The van der Waals surface area contributed by atoms with E-state index >= 15 is 0 Å². The number of ether oxygens (including phenoxy) is 2. The number of fused-ring (bicyclic) bond motifs is 3. The Kier molecular flexibility index (Phi) is 5.45. The first kappa shape index (κ1) is 20.4. The molecule has 2 aliphatic carbocycles. The molecule has 0 bridgehead atoms. The zero-order valence-corrected chi connectivity index (χ0v) is 16.6. The molecule has 0 aromatic carbocycles. The molecule has 8 atom stereocenters. The predicted octanol–water partition coefficient (Wildman–Crippen LogP) is 1.97. The van der Waals surface area contributed by atoms with Crippen molar-refractivity contribution < 1.29 is 29.3 Å². The maximum absolute atomic E-state index is 12.4. The van der Waals surface area contributed by atoms with Crippen LogP contribution in [0.15, 0.2) is 23.8 Å². The van der Waals surface area contributed by atoms with Gasteiger partial charge in [-0.25, -0.2) is 4.79 Å². The number of rotatable bonds is 3. The molecule has 3 rings (SSSR count). The highest BCUT2D eigenvalue weighted by atomic mass is 35.5. The Morgan fingerprint density at radius 3 is 2.78 bits per heavy atom. The highest BCUT2D eigenvalue weighted by molar-refractivity contribution is 6.18. The van der Waals surface area contributed by atoms with Crippen LogP contribution < -0.4 is 0 Å². The Morgan fingerprint density at radius 2 is 2.19 bits per heavy atom. The minimum absolute atomic E-state index is 0.181. The average molecular weight is 399 g/mol. The van der Waals surface area contributed by atoms with Gasteiger partial charge in [0.2, 0.25) is 0 Å². The number of carbonyl (C=O) groups excluding carboxylic acids is 2. The summed E-state index contributed by atoms with van der Waals surface area (Å²) in [6, 6.07) is 0. The summed E-state index contributed by atoms with van der Waals surface area (Å²) in [4.78, 5) is 24.7. The molecule has 7 heteroatoms. The summed E-state index contributed by atoms with van der Waals surface area (Å²) in [7, 11) is 0. The van der Waals surface area contributed by atoms with Gasteiger partial charge in [-0.2, -0.15) is 0 Å². The first-order valence-electron chi connectivity index (χ1n) is 9.34. The molecular formula is C20H27ClO6. The number of allylic oxidation sites excluding steroid dienone is 1. The molecule has 0 radical (unpaired) electrons. The van der Waals surface area contributed by atoms with Crippen molar-refractivity contribution >= 4 is 23.5 Å². The molecule has 27 heavy (non-hydrogen) atoms. The molecule has 3 aliphatic rings. The third-order valence-corrected chi connectivity index (χ3v) is 7.07. The van der Waals surface area contributed by atoms with Crippen molar-refractivity contribution in [1.82, 2.24) is 0 Å². The van der Waals surface area contributed by atoms with Crippen molar-refractivity contribution in [3.05, 3.63) is 23.8 Å². The van der Waals surface area contributed by atoms with Crippen molar-refractivity contribution in [2.75, 3.05) is 5.88 Å². The SMILES string of the molecule is C=C1C[C@H](OC(=O)/C(C)=C\C)[C@@H]2[C@H](OC(=O)[C@@H]2C)[C@@H]2[C@H]1C[C@H](O)[C@]2(O)CCl. The second kappa shape index (κ2) is 7.22. The molecule has 150 valence electrons. The molecule has 1 heterocycles. The van der Waals surface area contributed by atoms with E-state index in [0.29, 0.717) is 12.0 Å². The molecule has 2 saturated carbocycles. The van der Waals surface area contributed by atoms with Crippen LogP contribution in [0.2, 0.25) is 0 Å². The topological polar surface area (TPSA) is 93.1 Å². The van der Waals surface area contributed by atoms with Gasteiger partial charge in [-0.05, 0) is 26.2 Å². The molecule has 0 aromatic rings. The van der Waals surface area contributed by atoms with Gasteiger partial charge >= 0.3 is 11.9 Å². The monoisotopic (exact) mass is 398 g/mol. The third-order valence-electron chi connectivity index (χ3n) is 6.64. The number of alkyl halides is 1. The van der Waals surface area contributed by atoms with Crippen molar-refractivity contribution in [1.29, 1.82) is 0 Å². The van der Waals surface area contributed by atoms with Gasteiger partial charge in [0.05, 0.1) is 17.9 Å². The Morgan fingerprint density at radius 1 is 1.52 bits per heavy atom. The number of hydrogen-bond donors (Lipinski definition) is 2. The van der Waals surface area contributed by atoms with E-state index in [1.807, 2.05) is 0 Å². The first-order chi connectivity index (χ1) is 12.7. The molecule has 1 aliphatic heterocycles. The molecule has 0 amide bonds. The smallest absolute Gasteiger partial charge is 0.333 e. The number of esters is 2. The lowest BCUT2D eigenvalue weighted by Gasteiger charge is -2.37. The zero-order valence-electron chi connectivity index (χ0n) is 15.9. The van der Waals surface area contributed by atoms with E-state index in [9.17, 15) is 19.8 Å². The van der Waals surface area contributed by atoms with Crippen molar-refractivity contribution in [3.63, 3.8) is 0 Å². The van der Waals surface area contributed by atoms with Crippen LogP contribution in [0.25, 0.3) is 0 Å². The molecule has 0 aromatic heterocycles. The lowest BCUT2D eigenvalue weighted by Crippen LogP contribution is -2.52. The minimum Gasteiger partial charge on any atom is -0.461 e. The number of hydrogen-bond acceptors (Lipinski definition) is 6. The molecule has 1 saturated heterocycles. The Hall–Kier alpha value is -1.37. The van der Waals surface area contributed by atoms with Gasteiger partial charge in [0.25, 0.3) is 0 Å². The van der Waals surface area contributed by atoms with Gasteiger partial charge in [-0.3, -0.25) is 4.79 Å². The van der Waals surface area contributed by atoms with Gasteiger partial charge in [0.15, 0.2) is 0 Å². The second-order valence-electron chi connectivity index (χ2n) is 8.05. The van der Waals surface area contributed by atoms with E-state index in [1.165, 1.54) is 0 Å². The zero-order chi connectivity index (χ0) is 20.1. The maximum atomic E-state index is 12.4. The van der Waals surface area contributed by atoms with Crippen LogP contribution in [-0.2, 0) is 19.1 Å². The molecule has 3 fully saturated rings. The molecule has 2 N–H and O–H groups in total. The van der Waals surface area contributed by atoms with Crippen LogP contribution >= 0.6 is 11.6 Å². The third kappa shape index (κ3) is 3.12. The quantitative estimate of drug-likeness (QED) is 0.327. The summed E-state index contributed by atoms with van der Waals surface area (Å²) in [5, 5.41) is 21.5. The molecule has 0 unspecified atom stereocenters. The van der Waals surface area contributed by atoms with Crippen LogP contribution in [0, 0.1) is 23.7 Å². The summed E-state index contributed by atoms with van der Waals surface area (Å²) in [6.07, 6.45) is 0.00656. The van der Waals surface area contributed by atoms with Gasteiger partial charge in [0, 0.05) is 23.8 Å². The molecule has 6 nitrogen and oxygen atoms in total. The van der Waals surface area contributed by atoms with E-state index in [0.717, 1.165) is 5.57 Å². The summed E-state index contributed by atoms with van der Waals surface area (Å²) in [5.74, 6) is -2.79. The average Bonchev–Trinajstić information content (AvgIpc) is 3.03. The Labute approximate surface area is 164 Å². The van der Waals surface area contributed by atoms with Crippen LogP contribution in [0.4, 0.5) is 0 Å². The van der Waals surface area contributed by atoms with Crippen molar-refractivity contribution in [2.24, 2.45) is 23.7 Å². The van der Waals surface area contributed by atoms with E-state index in [-0.39, 0.29) is 18.2 Å². The van der Waals surface area contributed by atoms with Gasteiger partial charge in [0.1, 0.15) is 17.8 Å². The fourth-order valence-corrected chi connectivity index (χ4v) is 5.25. The predicted molar refractivity (Wildman–Crippen MR) is 98.9 cm³/mol. The van der Waals surface area contributed by atoms with E-state index in [1.54, 1.807) is 26.8 Å². The van der Waals surface area contributed by atoms with Gasteiger partial charge in [-0.15, -0.1) is 11.6 Å². The van der Waals surface area contributed by atoms with Crippen LogP contribution in [0.1, 0.15) is 33.6 Å². The first-order valence-corrected chi connectivity index (χ1v) is 9.87. The summed E-state index contributed by atoms with van der Waals surface area (Å²) in [5.41, 5.74) is -0.332. The fraction of sp³-hybridized carbons (Fsp3) is 0.700. The largest absolute Gasteiger partial charge is 0.461 e.